The summed E-state index contributed by atoms with van der Waals surface area (Å²) >= 11 is 6.40. The van der Waals surface area contributed by atoms with E-state index in [0.29, 0.717) is 10.7 Å². The van der Waals surface area contributed by atoms with E-state index in [0.717, 1.165) is 44.7 Å². The fourth-order valence-electron chi connectivity index (χ4n) is 3.18. The molecule has 0 radical (unpaired) electrons. The molecule has 136 valence electrons. The van der Waals surface area contributed by atoms with E-state index in [1.54, 1.807) is 12.3 Å². The van der Waals surface area contributed by atoms with Gasteiger partial charge in [-0.3, -0.25) is 4.98 Å². The molecule has 0 aliphatic rings. The highest BCUT2D eigenvalue weighted by Gasteiger charge is 2.09. The minimum absolute atomic E-state index is 0.413. The van der Waals surface area contributed by atoms with E-state index in [4.69, 9.17) is 16.9 Å². The van der Waals surface area contributed by atoms with Gasteiger partial charge in [0, 0.05) is 34.2 Å². The Kier molecular flexibility index (Phi) is 4.68. The maximum Gasteiger partial charge on any atom is 0.140 e. The largest absolute Gasteiger partial charge is 0.355 e. The number of pyridine rings is 2. The van der Waals surface area contributed by atoms with Crippen molar-refractivity contribution >= 4 is 33.9 Å². The van der Waals surface area contributed by atoms with Crippen LogP contribution in [0.1, 0.15) is 17.0 Å². The van der Waals surface area contributed by atoms with Gasteiger partial charge in [-0.05, 0) is 67.4 Å². The number of anilines is 2. The molecule has 0 fully saturated rings. The molecular weight excluding hydrogens is 368 g/mol. The van der Waals surface area contributed by atoms with Crippen LogP contribution in [0, 0.1) is 25.2 Å². The summed E-state index contributed by atoms with van der Waals surface area (Å²) in [6.07, 6.45) is 1.71. The SMILES string of the molecule is Cc1cc(Cl)c2nc(C)cc(Nc3ccc(-c4ccc(C#N)nc4)cc3)c2c1. The lowest BCUT2D eigenvalue weighted by molar-refractivity contribution is 1.25. The number of benzene rings is 2. The molecule has 0 aliphatic carbocycles. The van der Waals surface area contributed by atoms with Gasteiger partial charge in [0.1, 0.15) is 11.8 Å². The zero-order valence-electron chi connectivity index (χ0n) is 15.5. The van der Waals surface area contributed by atoms with Crippen LogP contribution >= 0.6 is 11.6 Å². The first-order valence-electron chi connectivity index (χ1n) is 8.84. The van der Waals surface area contributed by atoms with Gasteiger partial charge in [-0.15, -0.1) is 0 Å². The minimum Gasteiger partial charge on any atom is -0.355 e. The van der Waals surface area contributed by atoms with Gasteiger partial charge in [-0.25, -0.2) is 4.98 Å². The van der Waals surface area contributed by atoms with Gasteiger partial charge in [0.05, 0.1) is 10.5 Å². The normalized spacial score (nSPS) is 10.6. The Morgan fingerprint density at radius 3 is 2.39 bits per heavy atom. The van der Waals surface area contributed by atoms with Gasteiger partial charge in [-0.1, -0.05) is 23.7 Å². The molecule has 28 heavy (non-hydrogen) atoms. The third-order valence-electron chi connectivity index (χ3n) is 4.51. The topological polar surface area (TPSA) is 61.6 Å². The van der Waals surface area contributed by atoms with Crippen LogP contribution in [-0.4, -0.2) is 9.97 Å². The number of hydrogen-bond donors (Lipinski definition) is 1. The fourth-order valence-corrected chi connectivity index (χ4v) is 3.50. The second-order valence-electron chi connectivity index (χ2n) is 6.70. The molecule has 0 aliphatic heterocycles. The first-order chi connectivity index (χ1) is 13.5. The molecule has 0 bridgehead atoms. The van der Waals surface area contributed by atoms with Crippen molar-refractivity contribution in [2.45, 2.75) is 13.8 Å². The van der Waals surface area contributed by atoms with Crippen LogP contribution in [-0.2, 0) is 0 Å². The summed E-state index contributed by atoms with van der Waals surface area (Å²) in [6, 6.07) is 19.8. The van der Waals surface area contributed by atoms with Crippen molar-refractivity contribution in [3.8, 4) is 17.2 Å². The number of hydrogen-bond acceptors (Lipinski definition) is 4. The summed E-state index contributed by atoms with van der Waals surface area (Å²) in [5, 5.41) is 14.0. The molecule has 0 spiro atoms. The summed E-state index contributed by atoms with van der Waals surface area (Å²) in [6.45, 7) is 3.98. The second-order valence-corrected chi connectivity index (χ2v) is 7.11. The first-order valence-corrected chi connectivity index (χ1v) is 9.22. The molecular formula is C23H17ClN4. The van der Waals surface area contributed by atoms with Crippen molar-refractivity contribution in [1.82, 2.24) is 9.97 Å². The quantitative estimate of drug-likeness (QED) is 0.458. The Morgan fingerprint density at radius 1 is 0.964 bits per heavy atom. The molecule has 0 saturated heterocycles. The lowest BCUT2D eigenvalue weighted by atomic mass is 10.1. The molecule has 0 unspecified atom stereocenters. The zero-order chi connectivity index (χ0) is 19.7. The standard InChI is InChI=1S/C23H17ClN4/c1-14-9-20-22(11-15(2)27-23(20)21(24)10-14)28-18-6-3-16(4-7-18)17-5-8-19(12-25)26-13-17/h3-11,13H,1-2H3,(H,27,28). The average Bonchev–Trinajstić information content (AvgIpc) is 2.69. The summed E-state index contributed by atoms with van der Waals surface area (Å²) in [7, 11) is 0. The van der Waals surface area contributed by atoms with Gasteiger partial charge in [0.15, 0.2) is 0 Å². The maximum absolute atomic E-state index is 8.87. The van der Waals surface area contributed by atoms with Crippen LogP contribution in [0.2, 0.25) is 5.02 Å². The molecule has 0 saturated carbocycles. The zero-order valence-corrected chi connectivity index (χ0v) is 16.2. The van der Waals surface area contributed by atoms with E-state index in [2.05, 4.69) is 21.4 Å². The van der Waals surface area contributed by atoms with Gasteiger partial charge in [-0.2, -0.15) is 5.26 Å². The third-order valence-corrected chi connectivity index (χ3v) is 4.80. The lowest BCUT2D eigenvalue weighted by Crippen LogP contribution is -1.96. The van der Waals surface area contributed by atoms with Crippen molar-refractivity contribution in [2.75, 3.05) is 5.32 Å². The Hall–Kier alpha value is -3.42. The highest BCUT2D eigenvalue weighted by molar-refractivity contribution is 6.35. The molecule has 0 amide bonds. The van der Waals surface area contributed by atoms with Crippen molar-refractivity contribution in [3.05, 3.63) is 82.8 Å². The minimum atomic E-state index is 0.413. The third kappa shape index (κ3) is 3.53. The van der Waals surface area contributed by atoms with Crippen molar-refractivity contribution in [2.24, 2.45) is 0 Å². The summed E-state index contributed by atoms with van der Waals surface area (Å²) in [5.74, 6) is 0. The predicted molar refractivity (Wildman–Crippen MR) is 114 cm³/mol. The van der Waals surface area contributed by atoms with Crippen LogP contribution in [0.3, 0.4) is 0 Å². The molecule has 5 heteroatoms. The van der Waals surface area contributed by atoms with E-state index < -0.39 is 0 Å². The van der Waals surface area contributed by atoms with E-state index in [-0.39, 0.29) is 0 Å². The molecule has 4 aromatic rings. The van der Waals surface area contributed by atoms with Gasteiger partial charge < -0.3 is 5.32 Å². The number of aromatic nitrogens is 2. The van der Waals surface area contributed by atoms with E-state index in [9.17, 15) is 0 Å². The van der Waals surface area contributed by atoms with E-state index in [1.807, 2.05) is 62.4 Å². The Morgan fingerprint density at radius 2 is 1.71 bits per heavy atom. The van der Waals surface area contributed by atoms with Crippen LogP contribution in [0.25, 0.3) is 22.0 Å². The number of rotatable bonds is 3. The summed E-state index contributed by atoms with van der Waals surface area (Å²) < 4.78 is 0. The lowest BCUT2D eigenvalue weighted by Gasteiger charge is -2.13. The number of nitriles is 1. The number of aryl methyl sites for hydroxylation is 2. The Balaban J connectivity index is 1.67. The maximum atomic E-state index is 8.87. The van der Waals surface area contributed by atoms with Crippen LogP contribution < -0.4 is 5.32 Å². The first kappa shape index (κ1) is 18.0. The van der Waals surface area contributed by atoms with Gasteiger partial charge in [0.2, 0.25) is 0 Å². The number of nitrogens with zero attached hydrogens (tertiary/aromatic N) is 3. The van der Waals surface area contributed by atoms with E-state index in [1.165, 1.54) is 0 Å². The van der Waals surface area contributed by atoms with Gasteiger partial charge in [0.25, 0.3) is 0 Å². The molecule has 2 heterocycles. The number of nitrogens with one attached hydrogen (secondary N) is 1. The van der Waals surface area contributed by atoms with Crippen molar-refractivity contribution in [3.63, 3.8) is 0 Å². The molecule has 4 rings (SSSR count). The average molecular weight is 385 g/mol. The smallest absolute Gasteiger partial charge is 0.140 e. The van der Waals surface area contributed by atoms with Crippen molar-refractivity contribution < 1.29 is 0 Å². The van der Waals surface area contributed by atoms with Crippen LogP contribution in [0.5, 0.6) is 0 Å². The fraction of sp³-hybridized carbons (Fsp3) is 0.0870. The summed E-state index contributed by atoms with van der Waals surface area (Å²) in [5.41, 5.74) is 7.16. The van der Waals surface area contributed by atoms with Crippen LogP contribution in [0.15, 0.2) is 60.8 Å². The molecule has 0 atom stereocenters. The highest BCUT2D eigenvalue weighted by Crippen LogP contribution is 2.32. The molecule has 4 nitrogen and oxygen atoms in total. The molecule has 1 N–H and O–H groups in total. The molecule has 2 aromatic carbocycles. The summed E-state index contributed by atoms with van der Waals surface area (Å²) in [4.78, 5) is 8.71. The Labute approximate surface area is 168 Å². The van der Waals surface area contributed by atoms with E-state index >= 15 is 0 Å². The van der Waals surface area contributed by atoms with Crippen LogP contribution in [0.4, 0.5) is 11.4 Å². The number of halogens is 1. The predicted octanol–water partition coefficient (Wildman–Crippen LogP) is 6.18. The monoisotopic (exact) mass is 384 g/mol. The number of fused-ring (bicyclic) bond motifs is 1. The highest BCUT2D eigenvalue weighted by atomic mass is 35.5. The van der Waals surface area contributed by atoms with Gasteiger partial charge >= 0.3 is 0 Å². The Bertz CT molecular complexity index is 1210. The second kappa shape index (κ2) is 7.30. The molecule has 2 aromatic heterocycles. The van der Waals surface area contributed by atoms with Crippen molar-refractivity contribution in [1.29, 1.82) is 5.26 Å².